The number of amides is 1. The molecule has 0 aliphatic heterocycles. The number of hydrogen-bond acceptors (Lipinski definition) is 6. The van der Waals surface area contributed by atoms with Crippen molar-refractivity contribution < 1.29 is 23.7 Å². The normalized spacial score (nSPS) is 11.1. The van der Waals surface area contributed by atoms with Gasteiger partial charge < -0.3 is 24.3 Å². The Balaban J connectivity index is 2.01. The van der Waals surface area contributed by atoms with E-state index in [-0.39, 0.29) is 5.91 Å². The zero-order chi connectivity index (χ0) is 20.5. The summed E-state index contributed by atoms with van der Waals surface area (Å²) < 4.78 is 21.7. The van der Waals surface area contributed by atoms with Gasteiger partial charge in [-0.15, -0.1) is 0 Å². The summed E-state index contributed by atoms with van der Waals surface area (Å²) >= 11 is 0. The summed E-state index contributed by atoms with van der Waals surface area (Å²) in [6.07, 6.45) is -0.743. The van der Waals surface area contributed by atoms with Gasteiger partial charge in [0.2, 0.25) is 0 Å². The van der Waals surface area contributed by atoms with E-state index in [4.69, 9.17) is 24.2 Å². The molecule has 2 aromatic rings. The Hall–Kier alpha value is -3.40. The third-order valence-corrected chi connectivity index (χ3v) is 3.96. The Morgan fingerprint density at radius 3 is 2.43 bits per heavy atom. The first-order valence-corrected chi connectivity index (χ1v) is 8.84. The summed E-state index contributed by atoms with van der Waals surface area (Å²) in [7, 11) is 3.13. The first kappa shape index (κ1) is 20.9. The number of nitriles is 1. The quantitative estimate of drug-likeness (QED) is 0.715. The molecule has 0 aliphatic carbocycles. The van der Waals surface area contributed by atoms with Crippen molar-refractivity contribution in [3.63, 3.8) is 0 Å². The van der Waals surface area contributed by atoms with Gasteiger partial charge in [0.05, 0.1) is 32.5 Å². The molecule has 2 rings (SSSR count). The molecule has 0 fully saturated rings. The first-order valence-electron chi connectivity index (χ1n) is 8.84. The van der Waals surface area contributed by atoms with Crippen molar-refractivity contribution in [2.45, 2.75) is 26.5 Å². The van der Waals surface area contributed by atoms with Crippen molar-refractivity contribution in [3.05, 3.63) is 47.5 Å². The summed E-state index contributed by atoms with van der Waals surface area (Å²) in [5, 5.41) is 11.8. The molecule has 0 saturated carbocycles. The summed E-state index contributed by atoms with van der Waals surface area (Å²) in [5.41, 5.74) is 1.33. The fourth-order valence-electron chi connectivity index (χ4n) is 2.51. The summed E-state index contributed by atoms with van der Waals surface area (Å²) in [6, 6.07) is 12.3. The van der Waals surface area contributed by atoms with Crippen LogP contribution in [0, 0.1) is 11.3 Å². The van der Waals surface area contributed by atoms with E-state index in [1.807, 2.05) is 13.0 Å². The Morgan fingerprint density at radius 2 is 1.79 bits per heavy atom. The van der Waals surface area contributed by atoms with Crippen LogP contribution < -0.4 is 24.3 Å². The molecule has 1 N–H and O–H groups in total. The van der Waals surface area contributed by atoms with Crippen LogP contribution in [0.2, 0.25) is 0 Å². The van der Waals surface area contributed by atoms with Gasteiger partial charge in [-0.3, -0.25) is 4.79 Å². The lowest BCUT2D eigenvalue weighted by molar-refractivity contribution is -0.127. The fourth-order valence-corrected chi connectivity index (χ4v) is 2.51. The second-order valence-corrected chi connectivity index (χ2v) is 5.87. The molecule has 7 nitrogen and oxygen atoms in total. The highest BCUT2D eigenvalue weighted by atomic mass is 16.5. The number of hydrogen-bond donors (Lipinski definition) is 1. The Bertz CT molecular complexity index is 860. The zero-order valence-corrected chi connectivity index (χ0v) is 16.4. The van der Waals surface area contributed by atoms with E-state index in [1.165, 1.54) is 0 Å². The summed E-state index contributed by atoms with van der Waals surface area (Å²) in [6.45, 7) is 4.23. The fraction of sp³-hybridized carbons (Fsp3) is 0.333. The van der Waals surface area contributed by atoms with Crippen molar-refractivity contribution in [3.8, 4) is 29.1 Å². The summed E-state index contributed by atoms with van der Waals surface area (Å²) in [5.74, 6) is 1.79. The number of nitrogens with one attached hydrogen (secondary N) is 1. The van der Waals surface area contributed by atoms with Crippen LogP contribution in [-0.4, -0.2) is 32.8 Å². The number of ether oxygens (including phenoxy) is 4. The second kappa shape index (κ2) is 10.1. The standard InChI is InChI=1S/C21H24N2O5/c1-5-27-20-10-15(12-22)6-9-18(20)28-14(2)21(24)23-13-16-7-8-17(25-3)19(11-16)26-4/h6-11,14H,5,13H2,1-4H3,(H,23,24)/t14-/m0/s1. The van der Waals surface area contributed by atoms with E-state index < -0.39 is 6.10 Å². The number of nitrogens with zero attached hydrogens (tertiary/aromatic N) is 1. The molecule has 1 atom stereocenters. The Kier molecular flexibility index (Phi) is 7.52. The van der Waals surface area contributed by atoms with Crippen molar-refractivity contribution >= 4 is 5.91 Å². The van der Waals surface area contributed by atoms with E-state index in [0.717, 1.165) is 5.56 Å². The van der Waals surface area contributed by atoms with Crippen molar-refractivity contribution in [1.29, 1.82) is 5.26 Å². The van der Waals surface area contributed by atoms with Crippen LogP contribution in [0.15, 0.2) is 36.4 Å². The molecule has 0 radical (unpaired) electrons. The van der Waals surface area contributed by atoms with Gasteiger partial charge in [0.15, 0.2) is 29.1 Å². The number of rotatable bonds is 9. The van der Waals surface area contributed by atoms with Crippen LogP contribution in [0.1, 0.15) is 25.0 Å². The zero-order valence-electron chi connectivity index (χ0n) is 16.4. The average Bonchev–Trinajstić information content (AvgIpc) is 2.72. The van der Waals surface area contributed by atoms with Gasteiger partial charge in [0.25, 0.3) is 5.91 Å². The number of benzene rings is 2. The highest BCUT2D eigenvalue weighted by Gasteiger charge is 2.17. The predicted octanol–water partition coefficient (Wildman–Crippen LogP) is 3.06. The van der Waals surface area contributed by atoms with Gasteiger partial charge in [-0.05, 0) is 43.7 Å². The maximum absolute atomic E-state index is 12.4. The lowest BCUT2D eigenvalue weighted by Gasteiger charge is -2.17. The minimum atomic E-state index is -0.743. The predicted molar refractivity (Wildman–Crippen MR) is 104 cm³/mol. The van der Waals surface area contributed by atoms with E-state index in [9.17, 15) is 4.79 Å². The third kappa shape index (κ3) is 5.30. The van der Waals surface area contributed by atoms with E-state index in [0.29, 0.717) is 41.7 Å². The molecule has 7 heteroatoms. The molecule has 0 saturated heterocycles. The monoisotopic (exact) mass is 384 g/mol. The molecule has 0 bridgehead atoms. The maximum atomic E-state index is 12.4. The van der Waals surface area contributed by atoms with E-state index in [1.54, 1.807) is 51.5 Å². The largest absolute Gasteiger partial charge is 0.493 e. The highest BCUT2D eigenvalue weighted by Crippen LogP contribution is 2.29. The number of methoxy groups -OCH3 is 2. The Labute approximate surface area is 164 Å². The van der Waals surface area contributed by atoms with Gasteiger partial charge in [-0.2, -0.15) is 5.26 Å². The van der Waals surface area contributed by atoms with Crippen LogP contribution in [0.3, 0.4) is 0 Å². The van der Waals surface area contributed by atoms with Crippen LogP contribution >= 0.6 is 0 Å². The van der Waals surface area contributed by atoms with Crippen molar-refractivity contribution in [2.24, 2.45) is 0 Å². The third-order valence-electron chi connectivity index (χ3n) is 3.96. The molecule has 0 aromatic heterocycles. The van der Waals surface area contributed by atoms with Gasteiger partial charge in [0.1, 0.15) is 0 Å². The molecule has 148 valence electrons. The summed E-state index contributed by atoms with van der Waals surface area (Å²) in [4.78, 5) is 12.4. The van der Waals surface area contributed by atoms with Crippen LogP contribution in [0.4, 0.5) is 0 Å². The lowest BCUT2D eigenvalue weighted by Crippen LogP contribution is -2.36. The minimum Gasteiger partial charge on any atom is -0.493 e. The molecule has 28 heavy (non-hydrogen) atoms. The van der Waals surface area contributed by atoms with Gasteiger partial charge >= 0.3 is 0 Å². The Morgan fingerprint density at radius 1 is 1.07 bits per heavy atom. The minimum absolute atomic E-state index is 0.276. The number of carbonyl (C=O) groups excluding carboxylic acids is 1. The molecule has 0 aliphatic rings. The molecular weight excluding hydrogens is 360 g/mol. The molecule has 0 spiro atoms. The molecule has 0 heterocycles. The van der Waals surface area contributed by atoms with Crippen molar-refractivity contribution in [2.75, 3.05) is 20.8 Å². The van der Waals surface area contributed by atoms with Crippen LogP contribution in [-0.2, 0) is 11.3 Å². The molecular formula is C21H24N2O5. The van der Waals surface area contributed by atoms with Crippen LogP contribution in [0.5, 0.6) is 23.0 Å². The second-order valence-electron chi connectivity index (χ2n) is 5.87. The van der Waals surface area contributed by atoms with Gasteiger partial charge in [0, 0.05) is 12.6 Å². The van der Waals surface area contributed by atoms with Gasteiger partial charge in [-0.25, -0.2) is 0 Å². The molecule has 1 amide bonds. The van der Waals surface area contributed by atoms with Gasteiger partial charge in [-0.1, -0.05) is 6.07 Å². The van der Waals surface area contributed by atoms with Crippen LogP contribution in [0.25, 0.3) is 0 Å². The lowest BCUT2D eigenvalue weighted by atomic mass is 10.2. The maximum Gasteiger partial charge on any atom is 0.261 e. The average molecular weight is 384 g/mol. The highest BCUT2D eigenvalue weighted by molar-refractivity contribution is 5.80. The number of carbonyl (C=O) groups is 1. The first-order chi connectivity index (χ1) is 13.5. The molecule has 0 unspecified atom stereocenters. The van der Waals surface area contributed by atoms with Crippen molar-refractivity contribution in [1.82, 2.24) is 5.32 Å². The van der Waals surface area contributed by atoms with E-state index in [2.05, 4.69) is 11.4 Å². The smallest absolute Gasteiger partial charge is 0.261 e. The molecule has 2 aromatic carbocycles. The topological polar surface area (TPSA) is 89.8 Å². The van der Waals surface area contributed by atoms with E-state index >= 15 is 0 Å². The SMILES string of the molecule is CCOc1cc(C#N)ccc1O[C@@H](C)C(=O)NCc1ccc(OC)c(OC)c1.